The van der Waals surface area contributed by atoms with E-state index in [4.69, 9.17) is 0 Å². The second-order valence-corrected chi connectivity index (χ2v) is 7.81. The molecule has 2 aromatic heterocycles. The van der Waals surface area contributed by atoms with Crippen LogP contribution >= 0.6 is 11.8 Å². The summed E-state index contributed by atoms with van der Waals surface area (Å²) < 4.78 is 1.83. The summed E-state index contributed by atoms with van der Waals surface area (Å²) >= 11 is 1.32. The molecule has 7 nitrogen and oxygen atoms in total. The summed E-state index contributed by atoms with van der Waals surface area (Å²) in [6.45, 7) is 8.04. The van der Waals surface area contributed by atoms with Crippen LogP contribution in [-0.4, -0.2) is 36.1 Å². The number of aryl methyl sites for hydroxylation is 1. The second-order valence-electron chi connectivity index (χ2n) is 6.50. The van der Waals surface area contributed by atoms with Gasteiger partial charge in [-0.25, -0.2) is 9.67 Å². The van der Waals surface area contributed by atoms with Crippen molar-refractivity contribution in [1.29, 1.82) is 0 Å². The maximum atomic E-state index is 12.6. The van der Waals surface area contributed by atoms with Crippen LogP contribution in [0.5, 0.6) is 0 Å². The van der Waals surface area contributed by atoms with Crippen LogP contribution in [0.15, 0.2) is 41.7 Å². The average Bonchev–Trinajstić information content (AvgIpc) is 3.31. The normalized spacial score (nSPS) is 13.3. The number of hydrogen-bond acceptors (Lipinski definition) is 5. The third kappa shape index (κ3) is 4.57. The smallest absolute Gasteiger partial charge is 0.238 e. The lowest BCUT2D eigenvalue weighted by Gasteiger charge is -2.15. The maximum Gasteiger partial charge on any atom is 0.238 e. The van der Waals surface area contributed by atoms with E-state index in [0.29, 0.717) is 16.8 Å². The lowest BCUT2D eigenvalue weighted by atomic mass is 10.1. The fraction of sp³-hybridized carbons (Fsp3) is 0.368. The number of thioether (sulfide) groups is 1. The molecule has 27 heavy (non-hydrogen) atoms. The highest BCUT2D eigenvalue weighted by molar-refractivity contribution is 8.00. The molecule has 0 bridgehead atoms. The number of amides is 1. The van der Waals surface area contributed by atoms with Crippen molar-refractivity contribution in [1.82, 2.24) is 25.0 Å². The van der Waals surface area contributed by atoms with Gasteiger partial charge in [0, 0.05) is 11.6 Å². The van der Waals surface area contributed by atoms with E-state index >= 15 is 0 Å². The zero-order valence-corrected chi connectivity index (χ0v) is 16.7. The molecule has 0 saturated heterocycles. The van der Waals surface area contributed by atoms with Crippen molar-refractivity contribution < 1.29 is 4.79 Å². The first-order valence-electron chi connectivity index (χ1n) is 8.98. The highest BCUT2D eigenvalue weighted by Crippen LogP contribution is 2.24. The summed E-state index contributed by atoms with van der Waals surface area (Å²) in [4.78, 5) is 17.0. The molecule has 1 aromatic carbocycles. The Morgan fingerprint density at radius 3 is 2.70 bits per heavy atom. The molecule has 0 spiro atoms. The van der Waals surface area contributed by atoms with Crippen molar-refractivity contribution in [3.8, 4) is 11.4 Å². The fourth-order valence-corrected chi connectivity index (χ4v) is 3.24. The molecule has 0 saturated carbocycles. The molecule has 3 rings (SSSR count). The van der Waals surface area contributed by atoms with E-state index in [2.05, 4.69) is 39.4 Å². The molecule has 2 N–H and O–H groups in total. The third-order valence-electron chi connectivity index (χ3n) is 4.37. The Labute approximate surface area is 163 Å². The highest BCUT2D eigenvalue weighted by Gasteiger charge is 2.19. The van der Waals surface area contributed by atoms with Gasteiger partial charge < -0.3 is 5.32 Å². The van der Waals surface area contributed by atoms with Crippen molar-refractivity contribution in [2.45, 2.75) is 50.6 Å². The number of nitrogens with zero attached hydrogens (tertiary/aromatic N) is 4. The number of aromatic nitrogens is 5. The van der Waals surface area contributed by atoms with E-state index in [1.165, 1.54) is 17.3 Å². The van der Waals surface area contributed by atoms with Crippen LogP contribution in [-0.2, 0) is 4.79 Å². The molecule has 2 atom stereocenters. The quantitative estimate of drug-likeness (QED) is 0.600. The van der Waals surface area contributed by atoms with Crippen LogP contribution in [0, 0.1) is 6.92 Å². The van der Waals surface area contributed by atoms with Gasteiger partial charge in [0.1, 0.15) is 5.82 Å². The molecule has 0 aliphatic heterocycles. The monoisotopic (exact) mass is 384 g/mol. The molecular formula is C19H24N6OS. The van der Waals surface area contributed by atoms with E-state index in [-0.39, 0.29) is 17.2 Å². The lowest BCUT2D eigenvalue weighted by molar-refractivity contribution is -0.115. The largest absolute Gasteiger partial charge is 0.310 e. The number of nitrogens with one attached hydrogen (secondary N) is 2. The van der Waals surface area contributed by atoms with Crippen molar-refractivity contribution in [2.75, 3.05) is 5.32 Å². The van der Waals surface area contributed by atoms with Gasteiger partial charge in [0.2, 0.25) is 11.1 Å². The minimum absolute atomic E-state index is 0.105. The average molecular weight is 385 g/mol. The van der Waals surface area contributed by atoms with Crippen molar-refractivity contribution in [2.24, 2.45) is 0 Å². The number of benzene rings is 1. The van der Waals surface area contributed by atoms with Crippen LogP contribution in [0.4, 0.5) is 5.82 Å². The number of carbonyl (C=O) groups is 1. The minimum atomic E-state index is -0.341. The predicted molar refractivity (Wildman–Crippen MR) is 108 cm³/mol. The first-order chi connectivity index (χ1) is 13.0. The molecule has 2 heterocycles. The number of aromatic amines is 1. The van der Waals surface area contributed by atoms with Gasteiger partial charge in [-0.05, 0) is 27.2 Å². The molecule has 0 fully saturated rings. The second kappa shape index (κ2) is 8.39. The Hall–Kier alpha value is -2.61. The molecule has 0 aliphatic carbocycles. The van der Waals surface area contributed by atoms with Crippen molar-refractivity contribution in [3.05, 3.63) is 42.1 Å². The van der Waals surface area contributed by atoms with Crippen LogP contribution in [0.25, 0.3) is 11.4 Å². The van der Waals surface area contributed by atoms with Gasteiger partial charge in [-0.1, -0.05) is 48.5 Å². The van der Waals surface area contributed by atoms with Crippen LogP contribution in [0.1, 0.15) is 38.8 Å². The fourth-order valence-electron chi connectivity index (χ4n) is 2.52. The number of H-pyrrole nitrogens is 1. The minimum Gasteiger partial charge on any atom is -0.310 e. The van der Waals surface area contributed by atoms with E-state index in [1.54, 1.807) is 6.20 Å². The number of rotatable bonds is 7. The SMILES string of the molecule is CC[C@@H](C)n1nccc1NC(=O)[C@H](C)Sc1n[nH]c(-c2ccc(C)cc2)n1. The van der Waals surface area contributed by atoms with E-state index in [1.807, 2.05) is 48.9 Å². The predicted octanol–water partition coefficient (Wildman–Crippen LogP) is 4.07. The number of hydrogen-bond donors (Lipinski definition) is 2. The Balaban J connectivity index is 1.64. The summed E-state index contributed by atoms with van der Waals surface area (Å²) in [5.74, 6) is 1.30. The summed E-state index contributed by atoms with van der Waals surface area (Å²) in [5, 5.41) is 14.6. The van der Waals surface area contributed by atoms with Gasteiger partial charge in [0.15, 0.2) is 5.82 Å². The van der Waals surface area contributed by atoms with Crippen molar-refractivity contribution in [3.63, 3.8) is 0 Å². The zero-order valence-electron chi connectivity index (χ0n) is 15.9. The topological polar surface area (TPSA) is 88.5 Å². The van der Waals surface area contributed by atoms with Gasteiger partial charge in [-0.3, -0.25) is 9.89 Å². The Morgan fingerprint density at radius 2 is 2.00 bits per heavy atom. The molecule has 0 aliphatic rings. The first kappa shape index (κ1) is 19.2. The van der Waals surface area contributed by atoms with Gasteiger partial charge in [-0.15, -0.1) is 5.10 Å². The molecule has 1 amide bonds. The van der Waals surface area contributed by atoms with Crippen LogP contribution in [0.3, 0.4) is 0 Å². The van der Waals surface area contributed by atoms with Gasteiger partial charge >= 0.3 is 0 Å². The Bertz CT molecular complexity index is 901. The Kier molecular flexibility index (Phi) is 5.95. The number of carbonyl (C=O) groups excluding carboxylic acids is 1. The van der Waals surface area contributed by atoms with Gasteiger partial charge in [0.05, 0.1) is 17.5 Å². The highest BCUT2D eigenvalue weighted by atomic mass is 32.2. The molecule has 8 heteroatoms. The zero-order chi connectivity index (χ0) is 19.4. The summed E-state index contributed by atoms with van der Waals surface area (Å²) in [6, 6.07) is 10.1. The van der Waals surface area contributed by atoms with Gasteiger partial charge in [-0.2, -0.15) is 5.10 Å². The van der Waals surface area contributed by atoms with Crippen molar-refractivity contribution >= 4 is 23.5 Å². The van der Waals surface area contributed by atoms with Crippen LogP contribution < -0.4 is 5.32 Å². The molecular weight excluding hydrogens is 360 g/mol. The molecule has 3 aromatic rings. The summed E-state index contributed by atoms with van der Waals surface area (Å²) in [5.41, 5.74) is 2.16. The van der Waals surface area contributed by atoms with Crippen LogP contribution in [0.2, 0.25) is 0 Å². The Morgan fingerprint density at radius 1 is 1.26 bits per heavy atom. The van der Waals surface area contributed by atoms with Gasteiger partial charge in [0.25, 0.3) is 0 Å². The molecule has 0 radical (unpaired) electrons. The van der Waals surface area contributed by atoms with E-state index in [9.17, 15) is 4.79 Å². The van der Waals surface area contributed by atoms with E-state index in [0.717, 1.165) is 12.0 Å². The number of anilines is 1. The lowest BCUT2D eigenvalue weighted by Crippen LogP contribution is -2.24. The maximum absolute atomic E-state index is 12.6. The third-order valence-corrected chi connectivity index (χ3v) is 5.33. The first-order valence-corrected chi connectivity index (χ1v) is 9.86. The standard InChI is InChI=1S/C19H24N6OS/c1-5-13(3)25-16(10-11-20-25)21-18(26)14(4)27-19-22-17(23-24-19)15-8-6-12(2)7-9-15/h6-11,13-14H,5H2,1-4H3,(H,21,26)(H,22,23,24)/t13-,14+/m1/s1. The summed E-state index contributed by atoms with van der Waals surface area (Å²) in [6.07, 6.45) is 2.64. The molecule has 0 unspecified atom stereocenters. The van der Waals surface area contributed by atoms with E-state index < -0.39 is 0 Å². The molecule has 142 valence electrons. The summed E-state index contributed by atoms with van der Waals surface area (Å²) in [7, 11) is 0.